The van der Waals surface area contributed by atoms with E-state index in [0.717, 1.165) is 0 Å². The van der Waals surface area contributed by atoms with Gasteiger partial charge in [-0.1, -0.05) is 0 Å². The molecular formula is C5H13N4O2P. The normalized spacial score (nSPS) is 12.1. The molecule has 70 valence electrons. The van der Waals surface area contributed by atoms with Gasteiger partial charge in [0.1, 0.15) is 0 Å². The highest BCUT2D eigenvalue weighted by atomic mass is 31.1. The molecule has 12 heavy (non-hydrogen) atoms. The highest BCUT2D eigenvalue weighted by molar-refractivity contribution is 7.72. The second kappa shape index (κ2) is 5.74. The van der Waals surface area contributed by atoms with E-state index in [9.17, 15) is 4.79 Å². The van der Waals surface area contributed by atoms with Crippen molar-refractivity contribution in [3.63, 3.8) is 0 Å². The molecule has 6 nitrogen and oxygen atoms in total. The van der Waals surface area contributed by atoms with Crippen LogP contribution in [0.25, 0.3) is 0 Å². The van der Waals surface area contributed by atoms with E-state index < -0.39 is 13.8 Å². The molecule has 1 atom stereocenters. The zero-order valence-electron chi connectivity index (χ0n) is 6.60. The van der Waals surface area contributed by atoms with Gasteiger partial charge in [0.2, 0.25) is 0 Å². The Balaban J connectivity index is 3.44. The largest absolute Gasteiger partial charge is 0.477 e. The number of nitrogens with two attached hydrogens (primary N) is 3. The standard InChI is InChI=1S/C5H13N4O2P/c6-4(7)9-2-1-3-12(8)5(10)11/h1-3,8H2,(H,10,11)(H4,6,7,9). The fourth-order valence-corrected chi connectivity index (χ4v) is 1.22. The number of guanidine groups is 1. The second-order valence-electron chi connectivity index (χ2n) is 2.14. The predicted molar refractivity (Wildman–Crippen MR) is 49.3 cm³/mol. The molecule has 0 radical (unpaired) electrons. The Kier molecular flexibility index (Phi) is 5.32. The summed E-state index contributed by atoms with van der Waals surface area (Å²) in [4.78, 5) is 13.9. The molecule has 0 saturated heterocycles. The molecule has 0 heterocycles. The lowest BCUT2D eigenvalue weighted by Crippen LogP contribution is -2.23. The van der Waals surface area contributed by atoms with Gasteiger partial charge < -0.3 is 22.1 Å². The van der Waals surface area contributed by atoms with E-state index in [-0.39, 0.29) is 5.96 Å². The van der Waals surface area contributed by atoms with Crippen molar-refractivity contribution in [2.45, 2.75) is 6.42 Å². The van der Waals surface area contributed by atoms with Crippen LogP contribution in [0.5, 0.6) is 0 Å². The molecule has 0 amide bonds. The lowest BCUT2D eigenvalue weighted by molar-refractivity contribution is 0.221. The summed E-state index contributed by atoms with van der Waals surface area (Å²) >= 11 is 0. The van der Waals surface area contributed by atoms with Crippen LogP contribution in [0.4, 0.5) is 4.79 Å². The van der Waals surface area contributed by atoms with Crippen LogP contribution >= 0.6 is 8.07 Å². The number of carboxylic acid groups (broad SMARTS) is 1. The van der Waals surface area contributed by atoms with E-state index in [1.165, 1.54) is 0 Å². The van der Waals surface area contributed by atoms with E-state index in [4.69, 9.17) is 22.1 Å². The van der Waals surface area contributed by atoms with Gasteiger partial charge in [-0.15, -0.1) is 0 Å². The number of nitrogens with zero attached hydrogens (tertiary/aromatic N) is 1. The number of carbonyl (C=O) groups is 1. The van der Waals surface area contributed by atoms with Crippen LogP contribution in [0.15, 0.2) is 4.99 Å². The van der Waals surface area contributed by atoms with Crippen LogP contribution in [0.1, 0.15) is 6.42 Å². The minimum atomic E-state index is -1.40. The first-order valence-electron chi connectivity index (χ1n) is 3.34. The molecule has 0 aliphatic rings. The van der Waals surface area contributed by atoms with Crippen molar-refractivity contribution in [1.29, 1.82) is 0 Å². The van der Waals surface area contributed by atoms with Crippen LogP contribution in [0, 0.1) is 0 Å². The number of hydrogen-bond donors (Lipinski definition) is 4. The monoisotopic (exact) mass is 192 g/mol. The third-order valence-electron chi connectivity index (χ3n) is 1.10. The third-order valence-corrected chi connectivity index (χ3v) is 2.39. The van der Waals surface area contributed by atoms with E-state index in [1.54, 1.807) is 0 Å². The molecular weight excluding hydrogens is 179 g/mol. The van der Waals surface area contributed by atoms with Crippen LogP contribution in [0.3, 0.4) is 0 Å². The summed E-state index contributed by atoms with van der Waals surface area (Å²) in [6.07, 6.45) is 1.05. The SMILES string of the molecule is NC(N)=NCCCP(N)C(=O)O. The van der Waals surface area contributed by atoms with Crippen LogP contribution < -0.4 is 17.0 Å². The molecule has 0 saturated carbocycles. The quantitative estimate of drug-likeness (QED) is 0.205. The summed E-state index contributed by atoms with van der Waals surface area (Å²) in [7, 11) is -1.40. The van der Waals surface area contributed by atoms with Crippen molar-refractivity contribution in [3.05, 3.63) is 0 Å². The van der Waals surface area contributed by atoms with E-state index >= 15 is 0 Å². The Morgan fingerprint density at radius 3 is 2.50 bits per heavy atom. The molecule has 0 spiro atoms. The van der Waals surface area contributed by atoms with Gasteiger partial charge in [0, 0.05) is 6.54 Å². The van der Waals surface area contributed by atoms with E-state index in [2.05, 4.69) is 4.99 Å². The minimum absolute atomic E-state index is 0.0201. The van der Waals surface area contributed by atoms with Crippen LogP contribution in [-0.2, 0) is 0 Å². The van der Waals surface area contributed by atoms with Gasteiger partial charge in [-0.05, 0) is 12.6 Å². The fourth-order valence-electron chi connectivity index (χ4n) is 0.545. The van der Waals surface area contributed by atoms with Gasteiger partial charge in [0.15, 0.2) is 5.96 Å². The summed E-state index contributed by atoms with van der Waals surface area (Å²) in [6.45, 7) is 0.436. The molecule has 0 aromatic heterocycles. The Morgan fingerprint density at radius 1 is 1.50 bits per heavy atom. The summed E-state index contributed by atoms with van der Waals surface area (Å²) in [5, 5.41) is 8.41. The van der Waals surface area contributed by atoms with Crippen LogP contribution in [-0.4, -0.2) is 29.5 Å². The van der Waals surface area contributed by atoms with Crippen molar-refractivity contribution in [3.8, 4) is 0 Å². The fraction of sp³-hybridized carbons (Fsp3) is 0.600. The van der Waals surface area contributed by atoms with Crippen molar-refractivity contribution >= 4 is 19.7 Å². The average molecular weight is 192 g/mol. The van der Waals surface area contributed by atoms with Crippen molar-refractivity contribution < 1.29 is 9.90 Å². The Hall–Kier alpha value is -0.870. The molecule has 0 aliphatic carbocycles. The van der Waals surface area contributed by atoms with Gasteiger partial charge in [-0.2, -0.15) is 0 Å². The van der Waals surface area contributed by atoms with Crippen molar-refractivity contribution in [2.75, 3.05) is 12.7 Å². The molecule has 0 aromatic rings. The zero-order valence-corrected chi connectivity index (χ0v) is 7.50. The summed E-state index contributed by atoms with van der Waals surface area (Å²) < 4.78 is 0. The molecule has 0 fully saturated rings. The number of aliphatic imine (C=N–C) groups is 1. The molecule has 0 aromatic carbocycles. The summed E-state index contributed by atoms with van der Waals surface area (Å²) in [5.41, 5.74) is 14.5. The molecule has 0 aliphatic heterocycles. The van der Waals surface area contributed by atoms with E-state index in [1.807, 2.05) is 0 Å². The zero-order chi connectivity index (χ0) is 9.56. The van der Waals surface area contributed by atoms with Gasteiger partial charge in [0.25, 0.3) is 0 Å². The van der Waals surface area contributed by atoms with Crippen molar-refractivity contribution in [1.82, 2.24) is 0 Å². The van der Waals surface area contributed by atoms with Gasteiger partial charge >= 0.3 is 5.71 Å². The number of hydrogen-bond acceptors (Lipinski definition) is 3. The molecule has 0 bridgehead atoms. The van der Waals surface area contributed by atoms with Gasteiger partial charge in [-0.3, -0.25) is 4.99 Å². The Labute approximate surface area is 71.6 Å². The third kappa shape index (κ3) is 5.88. The lowest BCUT2D eigenvalue weighted by atomic mass is 10.5. The first-order valence-corrected chi connectivity index (χ1v) is 4.94. The molecule has 1 unspecified atom stereocenters. The highest BCUT2D eigenvalue weighted by Crippen LogP contribution is 2.26. The summed E-state index contributed by atoms with van der Waals surface area (Å²) in [6, 6.07) is 0. The summed E-state index contributed by atoms with van der Waals surface area (Å²) in [5.74, 6) is 0.0201. The Bertz CT molecular complexity index is 180. The molecule has 7 N–H and O–H groups in total. The Morgan fingerprint density at radius 2 is 2.08 bits per heavy atom. The molecule has 7 heteroatoms. The average Bonchev–Trinajstić information content (AvgIpc) is 1.97. The van der Waals surface area contributed by atoms with Gasteiger partial charge in [0.05, 0.1) is 8.07 Å². The number of rotatable bonds is 5. The highest BCUT2D eigenvalue weighted by Gasteiger charge is 2.09. The first-order chi connectivity index (χ1) is 5.54. The predicted octanol–water partition coefficient (Wildman–Crippen LogP) is -0.317. The second-order valence-corrected chi connectivity index (χ2v) is 3.91. The van der Waals surface area contributed by atoms with Crippen LogP contribution in [0.2, 0.25) is 0 Å². The maximum absolute atomic E-state index is 10.2. The smallest absolute Gasteiger partial charge is 0.338 e. The minimum Gasteiger partial charge on any atom is -0.477 e. The lowest BCUT2D eigenvalue weighted by Gasteiger charge is -2.03. The first kappa shape index (κ1) is 11.1. The van der Waals surface area contributed by atoms with E-state index in [0.29, 0.717) is 19.1 Å². The maximum atomic E-state index is 10.2. The molecule has 0 rings (SSSR count). The topological polar surface area (TPSA) is 128 Å². The van der Waals surface area contributed by atoms with Gasteiger partial charge in [-0.25, -0.2) is 4.79 Å². The maximum Gasteiger partial charge on any atom is 0.338 e. The van der Waals surface area contributed by atoms with Crippen molar-refractivity contribution in [2.24, 2.45) is 22.0 Å².